The van der Waals surface area contributed by atoms with Crippen molar-refractivity contribution in [3.63, 3.8) is 0 Å². The fraction of sp³-hybridized carbons (Fsp3) is 0.500. The van der Waals surface area contributed by atoms with Crippen LogP contribution in [-0.2, 0) is 11.3 Å². The van der Waals surface area contributed by atoms with Crippen LogP contribution in [0.5, 0.6) is 0 Å². The lowest BCUT2D eigenvalue weighted by Gasteiger charge is -2.19. The fourth-order valence-electron chi connectivity index (χ4n) is 3.43. The van der Waals surface area contributed by atoms with Crippen LogP contribution in [-0.4, -0.2) is 20.6 Å². The molecular formula is C16H20N2O2. The molecule has 1 atom stereocenters. The highest BCUT2D eigenvalue weighted by atomic mass is 16.4. The van der Waals surface area contributed by atoms with Crippen LogP contribution in [0.15, 0.2) is 24.5 Å². The van der Waals surface area contributed by atoms with Crippen molar-refractivity contribution in [1.82, 2.24) is 9.55 Å². The number of hydrogen-bond acceptors (Lipinski definition) is 2. The minimum atomic E-state index is -0.703. The molecule has 1 saturated carbocycles. The van der Waals surface area contributed by atoms with E-state index >= 15 is 0 Å². The molecule has 0 spiro atoms. The second-order valence-electron chi connectivity index (χ2n) is 5.64. The Bertz CT molecular complexity index is 626. The number of benzene rings is 1. The van der Waals surface area contributed by atoms with Gasteiger partial charge in [-0.1, -0.05) is 18.9 Å². The van der Waals surface area contributed by atoms with Crippen LogP contribution in [0.25, 0.3) is 11.0 Å². The smallest absolute Gasteiger partial charge is 0.311 e. The van der Waals surface area contributed by atoms with Gasteiger partial charge in [-0.15, -0.1) is 0 Å². The quantitative estimate of drug-likeness (QED) is 0.927. The molecule has 3 rings (SSSR count). The van der Waals surface area contributed by atoms with Crippen LogP contribution in [0.2, 0.25) is 0 Å². The maximum absolute atomic E-state index is 11.7. The third-order valence-electron chi connectivity index (χ3n) is 4.48. The summed E-state index contributed by atoms with van der Waals surface area (Å²) in [6, 6.07) is 5.93. The molecule has 1 unspecified atom stereocenters. The summed E-state index contributed by atoms with van der Waals surface area (Å²) < 4.78 is 2.07. The minimum Gasteiger partial charge on any atom is -0.481 e. The van der Waals surface area contributed by atoms with Crippen LogP contribution in [0.4, 0.5) is 0 Å². The Morgan fingerprint density at radius 2 is 2.20 bits per heavy atom. The molecule has 1 N–H and O–H groups in total. The lowest BCUT2D eigenvalue weighted by molar-refractivity contribution is -0.140. The van der Waals surface area contributed by atoms with Crippen LogP contribution in [0.1, 0.15) is 44.1 Å². The normalized spacial score (nSPS) is 17.6. The van der Waals surface area contributed by atoms with E-state index in [0.29, 0.717) is 0 Å². The number of fused-ring (bicyclic) bond motifs is 1. The molecule has 0 amide bonds. The number of hydrogen-bond donors (Lipinski definition) is 1. The summed E-state index contributed by atoms with van der Waals surface area (Å²) in [7, 11) is 0. The second-order valence-corrected chi connectivity index (χ2v) is 5.64. The molecule has 1 aromatic carbocycles. The van der Waals surface area contributed by atoms with Crippen molar-refractivity contribution in [2.45, 2.75) is 45.1 Å². The highest BCUT2D eigenvalue weighted by Crippen LogP contribution is 2.38. The number of carbonyl (C=O) groups is 1. The maximum Gasteiger partial charge on any atom is 0.311 e. The zero-order valence-corrected chi connectivity index (χ0v) is 11.7. The number of nitrogens with zero attached hydrogens (tertiary/aromatic N) is 2. The Morgan fingerprint density at radius 3 is 2.85 bits per heavy atom. The predicted octanol–water partition coefficient (Wildman–Crippen LogP) is 3.41. The van der Waals surface area contributed by atoms with Gasteiger partial charge in [0.15, 0.2) is 0 Å². The fourth-order valence-corrected chi connectivity index (χ4v) is 3.43. The van der Waals surface area contributed by atoms with Gasteiger partial charge in [-0.3, -0.25) is 4.79 Å². The molecule has 106 valence electrons. The third kappa shape index (κ3) is 2.19. The molecule has 4 heteroatoms. The topological polar surface area (TPSA) is 55.1 Å². The van der Waals surface area contributed by atoms with E-state index in [0.717, 1.165) is 48.8 Å². The van der Waals surface area contributed by atoms with Crippen molar-refractivity contribution in [3.8, 4) is 0 Å². The van der Waals surface area contributed by atoms with Gasteiger partial charge in [-0.2, -0.15) is 0 Å². The number of carboxylic acids is 1. The summed E-state index contributed by atoms with van der Waals surface area (Å²) in [4.78, 5) is 16.0. The van der Waals surface area contributed by atoms with Crippen LogP contribution >= 0.6 is 0 Å². The molecule has 0 radical (unpaired) electrons. The Kier molecular flexibility index (Phi) is 3.47. The molecule has 0 saturated heterocycles. The van der Waals surface area contributed by atoms with E-state index in [2.05, 4.69) is 16.5 Å². The molecule has 20 heavy (non-hydrogen) atoms. The summed E-state index contributed by atoms with van der Waals surface area (Å²) in [5, 5.41) is 9.58. The number of aromatic nitrogens is 2. The zero-order valence-electron chi connectivity index (χ0n) is 11.7. The summed E-state index contributed by atoms with van der Waals surface area (Å²) in [5.41, 5.74) is 2.87. The molecule has 1 fully saturated rings. The Labute approximate surface area is 118 Å². The van der Waals surface area contributed by atoms with E-state index in [9.17, 15) is 9.90 Å². The molecule has 0 bridgehead atoms. The Morgan fingerprint density at radius 1 is 1.45 bits per heavy atom. The van der Waals surface area contributed by atoms with Gasteiger partial charge >= 0.3 is 5.97 Å². The molecule has 4 nitrogen and oxygen atoms in total. The van der Waals surface area contributed by atoms with E-state index < -0.39 is 5.97 Å². The van der Waals surface area contributed by atoms with E-state index in [1.54, 1.807) is 0 Å². The molecule has 0 aliphatic heterocycles. The van der Waals surface area contributed by atoms with Gasteiger partial charge in [0, 0.05) is 6.54 Å². The van der Waals surface area contributed by atoms with Gasteiger partial charge < -0.3 is 9.67 Å². The summed E-state index contributed by atoms with van der Waals surface area (Å²) in [6.45, 7) is 2.95. The lowest BCUT2D eigenvalue weighted by Crippen LogP contribution is -2.19. The van der Waals surface area contributed by atoms with E-state index in [1.807, 2.05) is 24.5 Å². The molecule has 1 aliphatic carbocycles. The number of imidazole rings is 1. The number of carboxylic acid groups (broad SMARTS) is 1. The molecule has 1 heterocycles. The van der Waals surface area contributed by atoms with Gasteiger partial charge in [0.1, 0.15) is 0 Å². The van der Waals surface area contributed by atoms with Gasteiger partial charge in [0.25, 0.3) is 0 Å². The lowest BCUT2D eigenvalue weighted by atomic mass is 9.85. The first-order chi connectivity index (χ1) is 9.70. The zero-order chi connectivity index (χ0) is 14.1. The van der Waals surface area contributed by atoms with Crippen LogP contribution < -0.4 is 0 Å². The van der Waals surface area contributed by atoms with Crippen molar-refractivity contribution < 1.29 is 9.90 Å². The summed E-state index contributed by atoms with van der Waals surface area (Å²) in [5.74, 6) is -0.807. The first-order valence-electron chi connectivity index (χ1n) is 7.38. The second kappa shape index (κ2) is 5.27. The maximum atomic E-state index is 11.7. The van der Waals surface area contributed by atoms with E-state index in [4.69, 9.17) is 0 Å². The highest BCUT2D eigenvalue weighted by molar-refractivity contribution is 5.81. The molecule has 2 aromatic rings. The molecule has 1 aromatic heterocycles. The largest absolute Gasteiger partial charge is 0.481 e. The predicted molar refractivity (Wildman–Crippen MR) is 77.7 cm³/mol. The van der Waals surface area contributed by atoms with E-state index in [1.165, 1.54) is 0 Å². The van der Waals surface area contributed by atoms with Crippen LogP contribution in [0.3, 0.4) is 0 Å². The van der Waals surface area contributed by atoms with Crippen molar-refractivity contribution in [2.24, 2.45) is 5.92 Å². The number of rotatable bonds is 4. The standard InChI is InChI=1S/C16H20N2O2/c1-2-18-10-17-13-9-12(7-8-14(13)18)15(16(19)20)11-5-3-4-6-11/h7-11,15H,2-6H2,1H3,(H,19,20). The minimum absolute atomic E-state index is 0.276. The van der Waals surface area contributed by atoms with Crippen molar-refractivity contribution in [3.05, 3.63) is 30.1 Å². The summed E-state index contributed by atoms with van der Waals surface area (Å²) in [6.07, 6.45) is 6.18. The Hall–Kier alpha value is -1.84. The van der Waals surface area contributed by atoms with Gasteiger partial charge in [0.05, 0.1) is 23.3 Å². The SMILES string of the molecule is CCn1cnc2cc(C(C(=O)O)C3CCCC3)ccc21. The first-order valence-corrected chi connectivity index (χ1v) is 7.38. The van der Waals surface area contributed by atoms with Crippen molar-refractivity contribution in [1.29, 1.82) is 0 Å². The third-order valence-corrected chi connectivity index (χ3v) is 4.48. The van der Waals surface area contributed by atoms with Crippen LogP contribution in [0, 0.1) is 5.92 Å². The Balaban J connectivity index is 2.00. The van der Waals surface area contributed by atoms with Crippen molar-refractivity contribution >= 4 is 17.0 Å². The first kappa shape index (κ1) is 13.2. The van der Waals surface area contributed by atoms with Crippen molar-refractivity contribution in [2.75, 3.05) is 0 Å². The average Bonchev–Trinajstić information content (AvgIpc) is 3.07. The molecule has 1 aliphatic rings. The highest BCUT2D eigenvalue weighted by Gasteiger charge is 2.32. The van der Waals surface area contributed by atoms with Gasteiger partial charge in [-0.05, 0) is 43.4 Å². The number of aliphatic carboxylic acids is 1. The van der Waals surface area contributed by atoms with E-state index in [-0.39, 0.29) is 11.8 Å². The van der Waals surface area contributed by atoms with Gasteiger partial charge in [0.2, 0.25) is 0 Å². The summed E-state index contributed by atoms with van der Waals surface area (Å²) >= 11 is 0. The van der Waals surface area contributed by atoms with Gasteiger partial charge in [-0.25, -0.2) is 4.98 Å². The average molecular weight is 272 g/mol. The molecular weight excluding hydrogens is 252 g/mol. The monoisotopic (exact) mass is 272 g/mol. The number of aryl methyl sites for hydroxylation is 1.